The highest BCUT2D eigenvalue weighted by atomic mass is 127. The zero-order chi connectivity index (χ0) is 22.8. The van der Waals surface area contributed by atoms with Crippen LogP contribution < -0.4 is 0 Å². The van der Waals surface area contributed by atoms with E-state index in [1.165, 1.54) is 11.1 Å². The van der Waals surface area contributed by atoms with Crippen LogP contribution in [-0.2, 0) is 13.1 Å². The van der Waals surface area contributed by atoms with Crippen LogP contribution in [0.25, 0.3) is 33.7 Å². The molecule has 0 bridgehead atoms. The molecule has 0 saturated heterocycles. The third-order valence-corrected chi connectivity index (χ3v) is 6.25. The van der Waals surface area contributed by atoms with Crippen molar-refractivity contribution in [1.29, 1.82) is 0 Å². The Balaban J connectivity index is 1.52. The quantitative estimate of drug-likeness (QED) is 0.208. The van der Waals surface area contributed by atoms with Crippen molar-refractivity contribution in [3.05, 3.63) is 95.7 Å². The lowest BCUT2D eigenvalue weighted by Crippen LogP contribution is -2.12. The highest BCUT2D eigenvalue weighted by molar-refractivity contribution is 14.1. The third-order valence-electron chi connectivity index (χ3n) is 5.57. The van der Waals surface area contributed by atoms with E-state index in [1.54, 1.807) is 12.4 Å². The Morgan fingerprint density at radius 1 is 0.848 bits per heavy atom. The molecule has 0 atom stereocenters. The first kappa shape index (κ1) is 21.7. The fourth-order valence-corrected chi connectivity index (χ4v) is 4.57. The van der Waals surface area contributed by atoms with E-state index in [4.69, 9.17) is 9.97 Å². The van der Waals surface area contributed by atoms with Gasteiger partial charge in [0.2, 0.25) is 0 Å². The predicted octanol–water partition coefficient (Wildman–Crippen LogP) is 6.05. The van der Waals surface area contributed by atoms with Gasteiger partial charge in [0.25, 0.3) is 0 Å². The van der Waals surface area contributed by atoms with Gasteiger partial charge in [-0.3, -0.25) is 15.0 Å². The molecule has 0 unspecified atom stereocenters. The number of aromatic amines is 1. The van der Waals surface area contributed by atoms with Gasteiger partial charge >= 0.3 is 0 Å². The Labute approximate surface area is 206 Å². The molecule has 2 aromatic carbocycles. The van der Waals surface area contributed by atoms with Gasteiger partial charge in [-0.15, -0.1) is 0 Å². The average molecular weight is 546 g/mol. The van der Waals surface area contributed by atoms with Crippen molar-refractivity contribution in [3.63, 3.8) is 0 Å². The van der Waals surface area contributed by atoms with Gasteiger partial charge in [-0.25, -0.2) is 8.10 Å². The summed E-state index contributed by atoms with van der Waals surface area (Å²) in [4.78, 5) is 22.1. The Kier molecular flexibility index (Phi) is 6.15. The molecule has 164 valence electrons. The SMILES string of the molecule is Cc1cccc(-c2nc(CN(I)Cc3ccccc3C)[nH]c2-c2ccc3nccnc3c2)n1. The molecule has 5 aromatic rings. The molecule has 0 aliphatic heterocycles. The zero-order valence-corrected chi connectivity index (χ0v) is 20.6. The number of imidazole rings is 1. The second-order valence-electron chi connectivity index (χ2n) is 8.04. The number of aromatic nitrogens is 5. The fraction of sp³-hybridized carbons (Fsp3) is 0.154. The van der Waals surface area contributed by atoms with Crippen LogP contribution in [0.4, 0.5) is 0 Å². The Bertz CT molecular complexity index is 1430. The molecule has 33 heavy (non-hydrogen) atoms. The molecule has 0 radical (unpaired) electrons. The van der Waals surface area contributed by atoms with Crippen LogP contribution in [0.15, 0.2) is 73.1 Å². The van der Waals surface area contributed by atoms with Gasteiger partial charge < -0.3 is 4.98 Å². The van der Waals surface area contributed by atoms with E-state index in [1.807, 2.05) is 37.3 Å². The molecule has 0 aliphatic rings. The average Bonchev–Trinajstić information content (AvgIpc) is 3.24. The number of nitrogens with zero attached hydrogens (tertiary/aromatic N) is 5. The van der Waals surface area contributed by atoms with Crippen LogP contribution in [0.1, 0.15) is 22.6 Å². The minimum Gasteiger partial charge on any atom is -0.340 e. The number of hydrogen-bond acceptors (Lipinski definition) is 5. The van der Waals surface area contributed by atoms with E-state index in [0.717, 1.165) is 51.7 Å². The maximum atomic E-state index is 4.98. The largest absolute Gasteiger partial charge is 0.340 e. The van der Waals surface area contributed by atoms with Gasteiger partial charge in [0.15, 0.2) is 0 Å². The van der Waals surface area contributed by atoms with E-state index in [0.29, 0.717) is 6.54 Å². The number of fused-ring (bicyclic) bond motifs is 1. The van der Waals surface area contributed by atoms with Gasteiger partial charge in [-0.2, -0.15) is 0 Å². The van der Waals surface area contributed by atoms with Crippen molar-refractivity contribution < 1.29 is 0 Å². The van der Waals surface area contributed by atoms with E-state index in [-0.39, 0.29) is 0 Å². The summed E-state index contributed by atoms with van der Waals surface area (Å²) in [6.45, 7) is 5.67. The Morgan fingerprint density at radius 3 is 2.48 bits per heavy atom. The summed E-state index contributed by atoms with van der Waals surface area (Å²) in [5.41, 5.74) is 8.94. The summed E-state index contributed by atoms with van der Waals surface area (Å²) in [6, 6.07) is 20.6. The Morgan fingerprint density at radius 2 is 1.67 bits per heavy atom. The minimum atomic E-state index is 0.682. The van der Waals surface area contributed by atoms with Crippen LogP contribution >= 0.6 is 22.9 Å². The number of halogens is 1. The van der Waals surface area contributed by atoms with Gasteiger partial charge in [0.1, 0.15) is 11.5 Å². The summed E-state index contributed by atoms with van der Waals surface area (Å²) < 4.78 is 2.24. The second kappa shape index (κ2) is 9.36. The lowest BCUT2D eigenvalue weighted by Gasteiger charge is -2.14. The molecule has 0 spiro atoms. The lowest BCUT2D eigenvalue weighted by atomic mass is 10.1. The molecule has 1 N–H and O–H groups in total. The van der Waals surface area contributed by atoms with E-state index >= 15 is 0 Å². The lowest BCUT2D eigenvalue weighted by molar-refractivity contribution is 0.488. The first-order chi connectivity index (χ1) is 16.1. The highest BCUT2D eigenvalue weighted by Crippen LogP contribution is 2.31. The monoisotopic (exact) mass is 546 g/mol. The third kappa shape index (κ3) is 4.79. The Hall–Kier alpha value is -3.17. The molecule has 3 aromatic heterocycles. The molecule has 5 rings (SSSR count). The molecule has 0 amide bonds. The fourth-order valence-electron chi connectivity index (χ4n) is 3.88. The van der Waals surface area contributed by atoms with Crippen molar-refractivity contribution in [2.75, 3.05) is 0 Å². The number of benzene rings is 2. The molecule has 0 saturated carbocycles. The standard InChI is InChI=1S/C26H23IN6/c1-17-6-3-4-8-20(17)15-33(27)16-24-31-25(26(32-24)22-9-5-7-18(2)30-22)19-10-11-21-23(14-19)29-13-12-28-21/h3-14H,15-16H2,1-2H3,(H,31,32). The topological polar surface area (TPSA) is 70.6 Å². The smallest absolute Gasteiger partial charge is 0.122 e. The van der Waals surface area contributed by atoms with Crippen LogP contribution in [0, 0.1) is 13.8 Å². The first-order valence-electron chi connectivity index (χ1n) is 10.8. The zero-order valence-electron chi connectivity index (χ0n) is 18.5. The van der Waals surface area contributed by atoms with Crippen LogP contribution in [0.5, 0.6) is 0 Å². The molecule has 7 heteroatoms. The maximum Gasteiger partial charge on any atom is 0.122 e. The molecule has 0 aliphatic carbocycles. The molecule has 3 heterocycles. The second-order valence-corrected chi connectivity index (χ2v) is 9.40. The van der Waals surface area contributed by atoms with Crippen LogP contribution in [0.3, 0.4) is 0 Å². The van der Waals surface area contributed by atoms with Crippen molar-refractivity contribution in [2.24, 2.45) is 0 Å². The van der Waals surface area contributed by atoms with Crippen molar-refractivity contribution >= 4 is 33.9 Å². The summed E-state index contributed by atoms with van der Waals surface area (Å²) >= 11 is 2.37. The van der Waals surface area contributed by atoms with Crippen LogP contribution in [0.2, 0.25) is 0 Å². The highest BCUT2D eigenvalue weighted by Gasteiger charge is 2.18. The number of hydrogen-bond donors (Lipinski definition) is 1. The van der Waals surface area contributed by atoms with E-state index in [2.05, 4.69) is 78.2 Å². The predicted molar refractivity (Wildman–Crippen MR) is 140 cm³/mol. The summed E-state index contributed by atoms with van der Waals surface area (Å²) in [6.07, 6.45) is 3.43. The molecule has 0 fully saturated rings. The summed E-state index contributed by atoms with van der Waals surface area (Å²) in [7, 11) is 0. The van der Waals surface area contributed by atoms with Crippen molar-refractivity contribution in [2.45, 2.75) is 26.9 Å². The number of nitrogens with one attached hydrogen (secondary N) is 1. The molecular weight excluding hydrogens is 523 g/mol. The number of aryl methyl sites for hydroxylation is 2. The van der Waals surface area contributed by atoms with Gasteiger partial charge in [0.05, 0.1) is 29.0 Å². The maximum absolute atomic E-state index is 4.98. The number of pyridine rings is 1. The number of rotatable bonds is 6. The summed E-state index contributed by atoms with van der Waals surface area (Å²) in [5.74, 6) is 0.894. The minimum absolute atomic E-state index is 0.682. The van der Waals surface area contributed by atoms with Gasteiger partial charge in [-0.05, 0) is 49.2 Å². The van der Waals surface area contributed by atoms with Crippen molar-refractivity contribution in [3.8, 4) is 22.6 Å². The van der Waals surface area contributed by atoms with Gasteiger partial charge in [-0.1, -0.05) is 36.4 Å². The van der Waals surface area contributed by atoms with E-state index in [9.17, 15) is 0 Å². The van der Waals surface area contributed by atoms with Crippen LogP contribution in [-0.4, -0.2) is 28.0 Å². The molecule has 6 nitrogen and oxygen atoms in total. The first-order valence-corrected chi connectivity index (χ1v) is 11.7. The number of H-pyrrole nitrogens is 1. The van der Waals surface area contributed by atoms with Crippen molar-refractivity contribution in [1.82, 2.24) is 28.0 Å². The van der Waals surface area contributed by atoms with Gasteiger partial charge in [0, 0.05) is 53.1 Å². The summed E-state index contributed by atoms with van der Waals surface area (Å²) in [5, 5.41) is 0. The molecular formula is C26H23IN6. The normalized spacial score (nSPS) is 11.4. The van der Waals surface area contributed by atoms with E-state index < -0.39 is 0 Å².